The number of benzene rings is 2. The number of ether oxygens (including phenoxy) is 1. The van der Waals surface area contributed by atoms with Crippen LogP contribution in [0.3, 0.4) is 0 Å². The first-order valence-corrected chi connectivity index (χ1v) is 6.77. The Balaban J connectivity index is 2.03. The van der Waals surface area contributed by atoms with E-state index in [4.69, 9.17) is 27.9 Å². The number of amides is 1. The van der Waals surface area contributed by atoms with Crippen LogP contribution < -0.4 is 10.1 Å². The number of hydrogen-bond acceptors (Lipinski definition) is 3. The summed E-state index contributed by atoms with van der Waals surface area (Å²) >= 11 is 11.7. The monoisotopic (exact) mass is 323 g/mol. The third-order valence-electron chi connectivity index (χ3n) is 2.57. The molecule has 6 heteroatoms. The minimum absolute atomic E-state index is 0.138. The maximum absolute atomic E-state index is 11.8. The summed E-state index contributed by atoms with van der Waals surface area (Å²) in [4.78, 5) is 22.7. The molecule has 21 heavy (non-hydrogen) atoms. The molecule has 1 N–H and O–H groups in total. The fourth-order valence-electron chi connectivity index (χ4n) is 1.68. The van der Waals surface area contributed by atoms with Gasteiger partial charge in [-0.25, -0.2) is 0 Å². The number of nitrogens with one attached hydrogen (secondary N) is 1. The van der Waals surface area contributed by atoms with Gasteiger partial charge in [-0.2, -0.15) is 0 Å². The van der Waals surface area contributed by atoms with Crippen molar-refractivity contribution in [2.75, 3.05) is 11.9 Å². The summed E-state index contributed by atoms with van der Waals surface area (Å²) < 4.78 is 5.31. The van der Waals surface area contributed by atoms with Gasteiger partial charge in [0.05, 0.1) is 10.6 Å². The number of anilines is 1. The van der Waals surface area contributed by atoms with E-state index >= 15 is 0 Å². The molecule has 0 atom stereocenters. The first kappa shape index (κ1) is 15.4. The second-order valence-corrected chi connectivity index (χ2v) is 4.97. The minimum Gasteiger partial charge on any atom is -0.481 e. The van der Waals surface area contributed by atoms with Crippen molar-refractivity contribution in [1.82, 2.24) is 0 Å². The molecule has 0 fully saturated rings. The normalized spacial score (nSPS) is 10.0. The third-order valence-corrected chi connectivity index (χ3v) is 3.07. The second kappa shape index (κ2) is 7.11. The van der Waals surface area contributed by atoms with E-state index in [9.17, 15) is 9.59 Å². The molecular weight excluding hydrogens is 313 g/mol. The molecule has 0 aliphatic rings. The Morgan fingerprint density at radius 3 is 2.57 bits per heavy atom. The molecule has 4 nitrogen and oxygen atoms in total. The van der Waals surface area contributed by atoms with Crippen LogP contribution >= 0.6 is 23.2 Å². The molecule has 0 aromatic heterocycles. The number of halogens is 2. The Hall–Kier alpha value is -2.04. The van der Waals surface area contributed by atoms with E-state index in [0.717, 1.165) is 0 Å². The van der Waals surface area contributed by atoms with Crippen LogP contribution in [-0.2, 0) is 4.79 Å². The zero-order chi connectivity index (χ0) is 15.2. The van der Waals surface area contributed by atoms with Crippen molar-refractivity contribution >= 4 is 41.1 Å². The second-order valence-electron chi connectivity index (χ2n) is 4.13. The number of para-hydroxylation sites is 1. The molecule has 0 bridgehead atoms. The lowest BCUT2D eigenvalue weighted by molar-refractivity contribution is -0.118. The van der Waals surface area contributed by atoms with Gasteiger partial charge in [-0.15, -0.1) is 0 Å². The van der Waals surface area contributed by atoms with Gasteiger partial charge in [-0.3, -0.25) is 9.59 Å². The summed E-state index contributed by atoms with van der Waals surface area (Å²) in [6.07, 6.45) is 0.572. The van der Waals surface area contributed by atoms with E-state index in [-0.39, 0.29) is 28.8 Å². The van der Waals surface area contributed by atoms with Crippen LogP contribution in [0.4, 0.5) is 5.69 Å². The van der Waals surface area contributed by atoms with E-state index in [1.807, 2.05) is 6.07 Å². The predicted molar refractivity (Wildman–Crippen MR) is 82.4 cm³/mol. The van der Waals surface area contributed by atoms with Gasteiger partial charge >= 0.3 is 0 Å². The Bertz CT molecular complexity index is 659. The number of carbonyl (C=O) groups excluding carboxylic acids is 2. The molecular formula is C15H11Cl2NO3. The largest absolute Gasteiger partial charge is 0.481 e. The molecule has 2 aromatic carbocycles. The molecule has 0 saturated heterocycles. The van der Waals surface area contributed by atoms with Gasteiger partial charge in [-0.1, -0.05) is 41.4 Å². The van der Waals surface area contributed by atoms with Gasteiger partial charge in [-0.05, 0) is 24.3 Å². The van der Waals surface area contributed by atoms with Crippen LogP contribution in [0.2, 0.25) is 10.0 Å². The van der Waals surface area contributed by atoms with Crippen LogP contribution in [0.1, 0.15) is 10.4 Å². The average Bonchev–Trinajstić information content (AvgIpc) is 2.46. The average molecular weight is 324 g/mol. The van der Waals surface area contributed by atoms with Crippen LogP contribution in [-0.4, -0.2) is 18.8 Å². The first-order chi connectivity index (χ1) is 10.1. The lowest BCUT2D eigenvalue weighted by Gasteiger charge is -2.11. The summed E-state index contributed by atoms with van der Waals surface area (Å²) in [5.74, 6) is -0.219. The molecule has 0 unspecified atom stereocenters. The predicted octanol–water partition coefficient (Wildman–Crippen LogP) is 3.82. The van der Waals surface area contributed by atoms with Gasteiger partial charge in [0.2, 0.25) is 0 Å². The molecule has 2 aromatic rings. The lowest BCUT2D eigenvalue weighted by Crippen LogP contribution is -2.20. The van der Waals surface area contributed by atoms with Crippen LogP contribution in [0, 0.1) is 0 Å². The van der Waals surface area contributed by atoms with Gasteiger partial charge < -0.3 is 10.1 Å². The lowest BCUT2D eigenvalue weighted by atomic mass is 10.2. The highest BCUT2D eigenvalue weighted by Gasteiger charge is 2.12. The van der Waals surface area contributed by atoms with E-state index in [2.05, 4.69) is 5.32 Å². The number of rotatable bonds is 5. The number of aldehydes is 1. The van der Waals surface area contributed by atoms with Crippen molar-refractivity contribution in [3.8, 4) is 5.75 Å². The highest BCUT2D eigenvalue weighted by atomic mass is 35.5. The van der Waals surface area contributed by atoms with Crippen molar-refractivity contribution in [2.45, 2.75) is 0 Å². The number of hydrogen-bond donors (Lipinski definition) is 1. The Kier molecular flexibility index (Phi) is 5.20. The molecule has 0 saturated carbocycles. The minimum atomic E-state index is -0.357. The highest BCUT2D eigenvalue weighted by molar-refractivity contribution is 6.36. The van der Waals surface area contributed by atoms with Crippen molar-refractivity contribution in [2.24, 2.45) is 0 Å². The van der Waals surface area contributed by atoms with Crippen LogP contribution in [0.25, 0.3) is 0 Å². The van der Waals surface area contributed by atoms with Crippen molar-refractivity contribution < 1.29 is 14.3 Å². The van der Waals surface area contributed by atoms with Gasteiger partial charge in [0.15, 0.2) is 12.9 Å². The Morgan fingerprint density at radius 2 is 1.90 bits per heavy atom. The molecule has 0 aliphatic carbocycles. The van der Waals surface area contributed by atoms with Crippen molar-refractivity contribution in [3.63, 3.8) is 0 Å². The topological polar surface area (TPSA) is 55.4 Å². The van der Waals surface area contributed by atoms with Crippen molar-refractivity contribution in [3.05, 3.63) is 58.1 Å². The van der Waals surface area contributed by atoms with E-state index in [1.165, 1.54) is 12.1 Å². The third kappa shape index (κ3) is 4.21. The zero-order valence-corrected chi connectivity index (χ0v) is 12.3. The zero-order valence-electron chi connectivity index (χ0n) is 10.8. The molecule has 2 rings (SSSR count). The maximum atomic E-state index is 11.8. The summed E-state index contributed by atoms with van der Waals surface area (Å²) in [6.45, 7) is -0.267. The first-order valence-electron chi connectivity index (χ1n) is 6.02. The molecule has 108 valence electrons. The van der Waals surface area contributed by atoms with Gasteiger partial charge in [0.25, 0.3) is 5.91 Å². The highest BCUT2D eigenvalue weighted by Crippen LogP contribution is 2.31. The van der Waals surface area contributed by atoms with Crippen molar-refractivity contribution in [1.29, 1.82) is 0 Å². The van der Waals surface area contributed by atoms with E-state index in [1.54, 1.807) is 24.3 Å². The Labute approximate surface area is 131 Å². The molecule has 0 radical (unpaired) electrons. The SMILES string of the molecule is O=Cc1cc(Cl)cc(Cl)c1OCC(=O)Nc1ccccc1. The fraction of sp³-hybridized carbons (Fsp3) is 0.0667. The van der Waals surface area contributed by atoms with Gasteiger partial charge in [0, 0.05) is 10.7 Å². The Morgan fingerprint density at radius 1 is 1.19 bits per heavy atom. The quantitative estimate of drug-likeness (QED) is 0.851. The number of carbonyl (C=O) groups is 2. The maximum Gasteiger partial charge on any atom is 0.262 e. The van der Waals surface area contributed by atoms with Crippen LogP contribution in [0.5, 0.6) is 5.75 Å². The summed E-state index contributed by atoms with van der Waals surface area (Å²) in [7, 11) is 0. The van der Waals surface area contributed by atoms with Gasteiger partial charge in [0.1, 0.15) is 5.75 Å². The summed E-state index contributed by atoms with van der Waals surface area (Å²) in [6, 6.07) is 11.8. The molecule has 0 aliphatic heterocycles. The smallest absolute Gasteiger partial charge is 0.262 e. The van der Waals surface area contributed by atoms with E-state index < -0.39 is 0 Å². The fourth-order valence-corrected chi connectivity index (χ4v) is 2.24. The molecule has 0 heterocycles. The molecule has 1 amide bonds. The molecule has 0 spiro atoms. The summed E-state index contributed by atoms with van der Waals surface area (Å²) in [5.41, 5.74) is 0.851. The standard InChI is InChI=1S/C15H11Cl2NO3/c16-11-6-10(8-19)15(13(17)7-11)21-9-14(20)18-12-4-2-1-3-5-12/h1-8H,9H2,(H,18,20). The van der Waals surface area contributed by atoms with E-state index in [0.29, 0.717) is 17.0 Å². The van der Waals surface area contributed by atoms with Crippen LogP contribution in [0.15, 0.2) is 42.5 Å². The summed E-state index contributed by atoms with van der Waals surface area (Å²) in [5, 5.41) is 3.16.